The molecule has 0 N–H and O–H groups in total. The van der Waals surface area contributed by atoms with E-state index in [1.165, 1.54) is 12.1 Å². The SMILES string of the molecule is CCOC(=O)c1nn(CC(=O)c2ccc(Cl)c(F)c2)c(C(=O)OCC)c1C1CC1. The molecule has 1 fully saturated rings. The van der Waals surface area contributed by atoms with Gasteiger partial charge < -0.3 is 9.47 Å². The van der Waals surface area contributed by atoms with Crippen LogP contribution < -0.4 is 0 Å². The van der Waals surface area contributed by atoms with Crippen molar-refractivity contribution in [2.75, 3.05) is 13.2 Å². The van der Waals surface area contributed by atoms with Crippen LogP contribution in [0.2, 0.25) is 5.02 Å². The normalized spacial score (nSPS) is 13.2. The Kier molecular flexibility index (Phi) is 6.32. The standard InChI is InChI=1S/C20H20ClFN2O5/c1-3-28-19(26)17-16(11-5-6-11)18(20(27)29-4-2)24(23-17)10-15(25)12-7-8-13(21)14(22)9-12/h7-9,11H,3-6,10H2,1-2H3. The van der Waals surface area contributed by atoms with Crippen molar-refractivity contribution in [2.24, 2.45) is 0 Å². The molecule has 1 aromatic heterocycles. The lowest BCUT2D eigenvalue weighted by molar-refractivity contribution is 0.0505. The third kappa shape index (κ3) is 4.48. The lowest BCUT2D eigenvalue weighted by atomic mass is 10.1. The van der Waals surface area contributed by atoms with E-state index in [9.17, 15) is 18.8 Å². The zero-order valence-electron chi connectivity index (χ0n) is 16.0. The van der Waals surface area contributed by atoms with Crippen LogP contribution in [0.15, 0.2) is 18.2 Å². The van der Waals surface area contributed by atoms with Crippen LogP contribution in [0.25, 0.3) is 0 Å². The first-order valence-electron chi connectivity index (χ1n) is 9.30. The molecule has 7 nitrogen and oxygen atoms in total. The molecular formula is C20H20ClFN2O5. The smallest absolute Gasteiger partial charge is 0.359 e. The average molecular weight is 423 g/mol. The van der Waals surface area contributed by atoms with Crippen LogP contribution >= 0.6 is 11.6 Å². The predicted octanol–water partition coefficient (Wildman–Crippen LogP) is 3.79. The molecule has 0 radical (unpaired) electrons. The van der Waals surface area contributed by atoms with Gasteiger partial charge in [0, 0.05) is 11.1 Å². The molecule has 0 amide bonds. The Bertz CT molecular complexity index is 968. The minimum Gasteiger partial charge on any atom is -0.461 e. The summed E-state index contributed by atoms with van der Waals surface area (Å²) in [4.78, 5) is 37.7. The number of esters is 2. The van der Waals surface area contributed by atoms with Gasteiger partial charge in [-0.2, -0.15) is 5.10 Å². The van der Waals surface area contributed by atoms with E-state index in [4.69, 9.17) is 21.1 Å². The van der Waals surface area contributed by atoms with Crippen molar-refractivity contribution in [3.05, 3.63) is 51.6 Å². The highest BCUT2D eigenvalue weighted by atomic mass is 35.5. The largest absolute Gasteiger partial charge is 0.461 e. The highest BCUT2D eigenvalue weighted by Gasteiger charge is 2.38. The van der Waals surface area contributed by atoms with Gasteiger partial charge in [0.25, 0.3) is 0 Å². The third-order valence-electron chi connectivity index (χ3n) is 4.45. The summed E-state index contributed by atoms with van der Waals surface area (Å²) in [5.41, 5.74) is 0.576. The lowest BCUT2D eigenvalue weighted by Gasteiger charge is -2.09. The van der Waals surface area contributed by atoms with Crippen LogP contribution in [-0.4, -0.2) is 40.7 Å². The maximum Gasteiger partial charge on any atom is 0.359 e. The number of Topliss-reactive ketones (excluding diaryl/α,β-unsaturated/α-hetero) is 1. The molecule has 0 spiro atoms. The predicted molar refractivity (Wildman–Crippen MR) is 102 cm³/mol. The fraction of sp³-hybridized carbons (Fsp3) is 0.400. The van der Waals surface area contributed by atoms with Crippen LogP contribution in [0.4, 0.5) is 4.39 Å². The summed E-state index contributed by atoms with van der Waals surface area (Å²) in [5.74, 6) is -2.58. The van der Waals surface area contributed by atoms with Gasteiger partial charge in [0.15, 0.2) is 17.2 Å². The van der Waals surface area contributed by atoms with Crippen molar-refractivity contribution in [3.63, 3.8) is 0 Å². The van der Waals surface area contributed by atoms with Gasteiger partial charge in [0.1, 0.15) is 12.4 Å². The number of ether oxygens (including phenoxy) is 2. The van der Waals surface area contributed by atoms with E-state index in [-0.39, 0.29) is 47.7 Å². The number of carbonyl (C=O) groups excluding carboxylic acids is 3. The summed E-state index contributed by atoms with van der Waals surface area (Å²) >= 11 is 5.66. The van der Waals surface area contributed by atoms with Crippen molar-refractivity contribution in [1.29, 1.82) is 0 Å². The van der Waals surface area contributed by atoms with E-state index in [0.717, 1.165) is 23.6 Å². The monoisotopic (exact) mass is 422 g/mol. The van der Waals surface area contributed by atoms with Crippen molar-refractivity contribution in [2.45, 2.75) is 39.2 Å². The number of nitrogens with zero attached hydrogens (tertiary/aromatic N) is 2. The molecule has 1 saturated carbocycles. The Morgan fingerprint density at radius 1 is 1.17 bits per heavy atom. The van der Waals surface area contributed by atoms with Gasteiger partial charge in [-0.3, -0.25) is 4.79 Å². The first-order chi connectivity index (χ1) is 13.9. The number of carbonyl (C=O) groups is 3. The summed E-state index contributed by atoms with van der Waals surface area (Å²) < 4.78 is 25.0. The minimum absolute atomic E-state index is 0.00693. The second-order valence-corrected chi connectivity index (χ2v) is 6.94. The highest BCUT2D eigenvalue weighted by molar-refractivity contribution is 6.30. The summed E-state index contributed by atoms with van der Waals surface area (Å²) in [6.45, 7) is 3.22. The maximum absolute atomic E-state index is 13.7. The van der Waals surface area contributed by atoms with Crippen molar-refractivity contribution in [3.8, 4) is 0 Å². The zero-order valence-corrected chi connectivity index (χ0v) is 16.8. The summed E-state index contributed by atoms with van der Waals surface area (Å²) in [6, 6.07) is 3.68. The Morgan fingerprint density at radius 2 is 1.83 bits per heavy atom. The molecule has 9 heteroatoms. The van der Waals surface area contributed by atoms with Gasteiger partial charge in [-0.15, -0.1) is 0 Å². The van der Waals surface area contributed by atoms with Crippen LogP contribution in [0.1, 0.15) is 69.5 Å². The molecule has 0 unspecified atom stereocenters. The van der Waals surface area contributed by atoms with Crippen molar-refractivity contribution < 1.29 is 28.2 Å². The molecule has 29 heavy (non-hydrogen) atoms. The van der Waals surface area contributed by atoms with Gasteiger partial charge in [0.2, 0.25) is 0 Å². The van der Waals surface area contributed by atoms with Gasteiger partial charge in [-0.1, -0.05) is 11.6 Å². The zero-order chi connectivity index (χ0) is 21.1. The molecule has 0 aliphatic heterocycles. The number of aromatic nitrogens is 2. The lowest BCUT2D eigenvalue weighted by Crippen LogP contribution is -2.19. The first kappa shape index (κ1) is 21.0. The van der Waals surface area contributed by atoms with Gasteiger partial charge in [0.05, 0.1) is 18.2 Å². The van der Waals surface area contributed by atoms with E-state index in [2.05, 4.69) is 5.10 Å². The van der Waals surface area contributed by atoms with Crippen LogP contribution in [0.3, 0.4) is 0 Å². The third-order valence-corrected chi connectivity index (χ3v) is 4.75. The van der Waals surface area contributed by atoms with Crippen LogP contribution in [-0.2, 0) is 16.0 Å². The van der Waals surface area contributed by atoms with Crippen molar-refractivity contribution in [1.82, 2.24) is 9.78 Å². The quantitative estimate of drug-likeness (QED) is 0.475. The Hall–Kier alpha value is -2.74. The number of rotatable bonds is 8. The summed E-state index contributed by atoms with van der Waals surface area (Å²) in [7, 11) is 0. The van der Waals surface area contributed by atoms with Crippen molar-refractivity contribution >= 4 is 29.3 Å². The molecule has 1 heterocycles. The van der Waals surface area contributed by atoms with Gasteiger partial charge in [-0.05, 0) is 50.8 Å². The molecule has 2 aromatic rings. The first-order valence-corrected chi connectivity index (χ1v) is 9.68. The summed E-state index contributed by atoms with van der Waals surface area (Å²) in [6.07, 6.45) is 1.59. The number of hydrogen-bond acceptors (Lipinski definition) is 6. The molecule has 0 atom stereocenters. The van der Waals surface area contributed by atoms with E-state index in [1.54, 1.807) is 13.8 Å². The molecule has 1 aliphatic carbocycles. The topological polar surface area (TPSA) is 87.5 Å². The molecule has 1 aromatic carbocycles. The fourth-order valence-corrected chi connectivity index (χ4v) is 3.13. The Morgan fingerprint density at radius 3 is 2.41 bits per heavy atom. The second-order valence-electron chi connectivity index (χ2n) is 6.54. The highest BCUT2D eigenvalue weighted by Crippen LogP contribution is 2.44. The van der Waals surface area contributed by atoms with E-state index in [0.29, 0.717) is 5.56 Å². The average Bonchev–Trinajstić information content (AvgIpc) is 3.45. The minimum atomic E-state index is -0.727. The van der Waals surface area contributed by atoms with Gasteiger partial charge >= 0.3 is 11.9 Å². The Labute approximate surface area is 171 Å². The maximum atomic E-state index is 13.7. The molecule has 1 aliphatic rings. The molecular weight excluding hydrogens is 403 g/mol. The number of ketones is 1. The van der Waals surface area contributed by atoms with Crippen LogP contribution in [0, 0.1) is 5.82 Å². The van der Waals surface area contributed by atoms with E-state index < -0.39 is 23.5 Å². The van der Waals surface area contributed by atoms with Crippen LogP contribution in [0.5, 0.6) is 0 Å². The molecule has 0 saturated heterocycles. The summed E-state index contributed by atoms with van der Waals surface area (Å²) in [5, 5.41) is 4.10. The van der Waals surface area contributed by atoms with Gasteiger partial charge in [-0.25, -0.2) is 18.7 Å². The molecule has 3 rings (SSSR count). The number of hydrogen-bond donors (Lipinski definition) is 0. The molecule has 154 valence electrons. The van der Waals surface area contributed by atoms with E-state index >= 15 is 0 Å². The number of benzene rings is 1. The second kappa shape index (κ2) is 8.73. The fourth-order valence-electron chi connectivity index (χ4n) is 3.01. The number of halogens is 2. The van der Waals surface area contributed by atoms with E-state index in [1.807, 2.05) is 0 Å². The molecule has 0 bridgehead atoms. The Balaban J connectivity index is 2.02.